The van der Waals surface area contributed by atoms with Gasteiger partial charge in [-0.1, -0.05) is 0 Å². The van der Waals surface area contributed by atoms with Crippen LogP contribution < -0.4 is 5.73 Å². The van der Waals surface area contributed by atoms with Gasteiger partial charge in [0.25, 0.3) is 0 Å². The van der Waals surface area contributed by atoms with Gasteiger partial charge in [-0.15, -0.1) is 0 Å². The zero-order valence-corrected chi connectivity index (χ0v) is 12.0. The smallest absolute Gasteiger partial charge is 0.383 e. The summed E-state index contributed by atoms with van der Waals surface area (Å²) in [6.07, 6.45) is -2.74. The quantitative estimate of drug-likeness (QED) is 0.931. The molecule has 2 N–H and O–H groups in total. The maximum Gasteiger partial charge on any atom is 0.401 e. The third-order valence-electron chi connectivity index (χ3n) is 3.13. The predicted octanol–water partition coefficient (Wildman–Crippen LogP) is 1.72. The van der Waals surface area contributed by atoms with Crippen molar-refractivity contribution in [2.45, 2.75) is 32.6 Å². The number of aryl methyl sites for hydroxylation is 1. The van der Waals surface area contributed by atoms with Crippen LogP contribution >= 0.6 is 0 Å². The van der Waals surface area contributed by atoms with Crippen molar-refractivity contribution in [2.75, 3.05) is 12.3 Å². The molecule has 0 aliphatic carbocycles. The lowest BCUT2D eigenvalue weighted by atomic mass is 10.3. The Balaban J connectivity index is 2.30. The van der Waals surface area contributed by atoms with Crippen LogP contribution in [0.15, 0.2) is 6.20 Å². The van der Waals surface area contributed by atoms with Crippen LogP contribution in [0.3, 0.4) is 0 Å². The molecule has 2 aromatic rings. The molecule has 2 rings (SSSR count). The number of anilines is 1. The molecular formula is C12H17F3N6. The first-order valence-electron chi connectivity index (χ1n) is 6.42. The van der Waals surface area contributed by atoms with Gasteiger partial charge in [0.15, 0.2) is 5.65 Å². The van der Waals surface area contributed by atoms with Gasteiger partial charge >= 0.3 is 6.18 Å². The first kappa shape index (κ1) is 15.5. The molecule has 0 unspecified atom stereocenters. The Morgan fingerprint density at radius 2 is 2.00 bits per heavy atom. The summed E-state index contributed by atoms with van der Waals surface area (Å²) in [5.41, 5.74) is 6.31. The van der Waals surface area contributed by atoms with Crippen molar-refractivity contribution in [1.82, 2.24) is 24.6 Å². The number of nitrogens with zero attached hydrogens (tertiary/aromatic N) is 5. The number of hydrogen-bond acceptors (Lipinski definition) is 5. The van der Waals surface area contributed by atoms with Crippen LogP contribution in [0.1, 0.15) is 19.7 Å². The van der Waals surface area contributed by atoms with Gasteiger partial charge < -0.3 is 5.73 Å². The van der Waals surface area contributed by atoms with E-state index in [1.165, 1.54) is 15.8 Å². The van der Waals surface area contributed by atoms with Gasteiger partial charge in [-0.2, -0.15) is 18.3 Å². The molecule has 6 nitrogen and oxygen atoms in total. The van der Waals surface area contributed by atoms with Gasteiger partial charge in [0.2, 0.25) is 0 Å². The minimum Gasteiger partial charge on any atom is -0.383 e. The van der Waals surface area contributed by atoms with Crippen LogP contribution in [0.5, 0.6) is 0 Å². The summed E-state index contributed by atoms with van der Waals surface area (Å²) in [7, 11) is 1.69. The molecule has 21 heavy (non-hydrogen) atoms. The number of halogens is 3. The number of fused-ring (bicyclic) bond motifs is 1. The van der Waals surface area contributed by atoms with Crippen LogP contribution in [0.2, 0.25) is 0 Å². The third-order valence-corrected chi connectivity index (χ3v) is 3.13. The second kappa shape index (κ2) is 5.47. The van der Waals surface area contributed by atoms with Gasteiger partial charge in [-0.3, -0.25) is 9.58 Å². The van der Waals surface area contributed by atoms with Crippen molar-refractivity contribution in [3.63, 3.8) is 0 Å². The van der Waals surface area contributed by atoms with Crippen LogP contribution in [0, 0.1) is 0 Å². The highest BCUT2D eigenvalue weighted by Crippen LogP contribution is 2.21. The van der Waals surface area contributed by atoms with Gasteiger partial charge in [0.1, 0.15) is 11.6 Å². The highest BCUT2D eigenvalue weighted by atomic mass is 19.4. The van der Waals surface area contributed by atoms with Gasteiger partial charge in [-0.25, -0.2) is 9.97 Å². The Morgan fingerprint density at radius 1 is 1.33 bits per heavy atom. The minimum atomic E-state index is -4.27. The summed E-state index contributed by atoms with van der Waals surface area (Å²) < 4.78 is 39.3. The van der Waals surface area contributed by atoms with Crippen molar-refractivity contribution in [2.24, 2.45) is 7.05 Å². The van der Waals surface area contributed by atoms with Crippen LogP contribution in [0.4, 0.5) is 19.0 Å². The average molecular weight is 302 g/mol. The Hall–Kier alpha value is -1.90. The van der Waals surface area contributed by atoms with Crippen molar-refractivity contribution in [1.29, 1.82) is 0 Å². The fourth-order valence-electron chi connectivity index (χ4n) is 1.99. The number of alkyl halides is 3. The monoisotopic (exact) mass is 302 g/mol. The third kappa shape index (κ3) is 3.60. The molecule has 9 heteroatoms. The molecule has 0 aromatic carbocycles. The van der Waals surface area contributed by atoms with E-state index in [4.69, 9.17) is 5.73 Å². The second-order valence-electron chi connectivity index (χ2n) is 5.14. The molecule has 0 atom stereocenters. The molecule has 0 amide bonds. The fourth-order valence-corrected chi connectivity index (χ4v) is 1.99. The highest BCUT2D eigenvalue weighted by Gasteiger charge is 2.32. The minimum absolute atomic E-state index is 0.0253. The van der Waals surface area contributed by atoms with Crippen molar-refractivity contribution < 1.29 is 13.2 Å². The number of rotatable bonds is 4. The summed E-state index contributed by atoms with van der Waals surface area (Å²) in [5, 5.41) is 4.60. The van der Waals surface area contributed by atoms with Crippen LogP contribution in [-0.2, 0) is 13.6 Å². The van der Waals surface area contributed by atoms with Crippen molar-refractivity contribution in [3.05, 3.63) is 12.0 Å². The first-order valence-corrected chi connectivity index (χ1v) is 6.42. The van der Waals surface area contributed by atoms with E-state index < -0.39 is 12.7 Å². The van der Waals surface area contributed by atoms with Crippen molar-refractivity contribution in [3.8, 4) is 0 Å². The molecule has 0 bridgehead atoms. The van der Waals surface area contributed by atoms with E-state index in [0.29, 0.717) is 11.0 Å². The second-order valence-corrected chi connectivity index (χ2v) is 5.14. The number of aromatic nitrogens is 4. The van der Waals surface area contributed by atoms with Gasteiger partial charge in [0.05, 0.1) is 24.7 Å². The summed E-state index contributed by atoms with van der Waals surface area (Å²) in [6.45, 7) is 2.34. The van der Waals surface area contributed by atoms with Crippen LogP contribution in [-0.4, -0.2) is 43.4 Å². The molecule has 116 valence electrons. The number of nitrogens with two attached hydrogens (primary N) is 1. The Bertz CT molecular complexity index is 634. The van der Waals surface area contributed by atoms with Crippen molar-refractivity contribution >= 4 is 16.9 Å². The first-order chi connectivity index (χ1) is 9.67. The van der Waals surface area contributed by atoms with E-state index in [2.05, 4.69) is 15.1 Å². The van der Waals surface area contributed by atoms with E-state index in [1.54, 1.807) is 20.9 Å². The standard InChI is InChI=1S/C12H17F3N6/c1-7(2)21(6-12(13,14)15)5-9-18-10(16)8-4-17-20(3)11(8)19-9/h4,7H,5-6H2,1-3H3,(H2,16,18,19). The Kier molecular flexibility index (Phi) is 4.04. The summed E-state index contributed by atoms with van der Waals surface area (Å²) in [4.78, 5) is 9.57. The number of nitrogen functional groups attached to an aromatic ring is 1. The lowest BCUT2D eigenvalue weighted by Gasteiger charge is -2.26. The van der Waals surface area contributed by atoms with E-state index >= 15 is 0 Å². The van der Waals surface area contributed by atoms with E-state index in [9.17, 15) is 13.2 Å². The topological polar surface area (TPSA) is 72.9 Å². The van der Waals surface area contributed by atoms with Gasteiger partial charge in [-0.05, 0) is 13.8 Å². The molecule has 0 saturated heterocycles. The molecule has 0 fully saturated rings. The maximum absolute atomic E-state index is 12.6. The Labute approximate surface area is 119 Å². The molecule has 0 spiro atoms. The zero-order chi connectivity index (χ0) is 15.8. The molecule has 0 aliphatic heterocycles. The van der Waals surface area contributed by atoms with E-state index in [0.717, 1.165) is 0 Å². The highest BCUT2D eigenvalue weighted by molar-refractivity contribution is 5.84. The predicted molar refractivity (Wildman–Crippen MR) is 72.3 cm³/mol. The average Bonchev–Trinajstić information content (AvgIpc) is 2.69. The fraction of sp³-hybridized carbons (Fsp3) is 0.583. The molecule has 0 saturated carbocycles. The largest absolute Gasteiger partial charge is 0.401 e. The number of hydrogen-bond donors (Lipinski definition) is 1. The normalized spacial score (nSPS) is 12.8. The molecule has 0 aliphatic rings. The van der Waals surface area contributed by atoms with Gasteiger partial charge in [0, 0.05) is 13.1 Å². The van der Waals surface area contributed by atoms with Crippen LogP contribution in [0.25, 0.3) is 11.0 Å². The van der Waals surface area contributed by atoms with E-state index in [-0.39, 0.29) is 24.2 Å². The lowest BCUT2D eigenvalue weighted by molar-refractivity contribution is -0.151. The summed E-state index contributed by atoms with van der Waals surface area (Å²) in [5.74, 6) is 0.473. The Morgan fingerprint density at radius 3 is 2.57 bits per heavy atom. The molecule has 2 heterocycles. The summed E-state index contributed by atoms with van der Waals surface area (Å²) >= 11 is 0. The SMILES string of the molecule is CC(C)N(Cc1nc(N)c2cnn(C)c2n1)CC(F)(F)F. The molecule has 2 aromatic heterocycles. The zero-order valence-electron chi connectivity index (χ0n) is 12.0. The molecular weight excluding hydrogens is 285 g/mol. The van der Waals surface area contributed by atoms with E-state index in [1.807, 2.05) is 0 Å². The molecule has 0 radical (unpaired) electrons. The lowest BCUT2D eigenvalue weighted by Crippen LogP contribution is -2.39. The maximum atomic E-state index is 12.6. The summed E-state index contributed by atoms with van der Waals surface area (Å²) in [6, 6.07) is -0.293.